The third-order valence-corrected chi connectivity index (χ3v) is 5.69. The van der Waals surface area contributed by atoms with Crippen molar-refractivity contribution in [2.45, 2.75) is 24.5 Å². The second-order valence-electron chi connectivity index (χ2n) is 5.42. The van der Waals surface area contributed by atoms with Crippen LogP contribution in [0.1, 0.15) is 6.23 Å². The number of rotatable bonds is 6. The zero-order chi connectivity index (χ0) is 20.0. The van der Waals surface area contributed by atoms with Crippen molar-refractivity contribution >= 4 is 32.6 Å². The van der Waals surface area contributed by atoms with Gasteiger partial charge in [0.15, 0.2) is 17.7 Å². The Morgan fingerprint density at radius 2 is 1.86 bits per heavy atom. The van der Waals surface area contributed by atoms with Crippen molar-refractivity contribution in [1.29, 1.82) is 0 Å². The Balaban J connectivity index is 0.00000210. The molecular weight excluding hydrogens is 458 g/mol. The maximum absolute atomic E-state index is 11.3. The van der Waals surface area contributed by atoms with Crippen LogP contribution in [-0.4, -0.2) is 59.5 Å². The van der Waals surface area contributed by atoms with Crippen molar-refractivity contribution < 1.29 is 107 Å². The molecule has 2 aromatic heterocycles. The molecule has 150 valence electrons. The Morgan fingerprint density at radius 1 is 1.21 bits per heavy atom. The van der Waals surface area contributed by atoms with Gasteiger partial charge in [-0.1, -0.05) is 0 Å². The Kier molecular flexibility index (Phi) is 9.87. The van der Waals surface area contributed by atoms with Crippen LogP contribution in [0.3, 0.4) is 0 Å². The number of hydrogen-bond acceptors (Lipinski definition) is 13. The molecule has 1 aliphatic rings. The van der Waals surface area contributed by atoms with E-state index in [9.17, 15) is 29.1 Å². The Morgan fingerprint density at radius 3 is 2.48 bits per heavy atom. The number of nitrogens with two attached hydrogens (primary N) is 1. The monoisotopic (exact) mass is 471 g/mol. The number of imidazole rings is 1. The molecule has 2 unspecified atom stereocenters. The molecule has 15 nitrogen and oxygen atoms in total. The van der Waals surface area contributed by atoms with E-state index in [1.165, 1.54) is 10.9 Å². The molecule has 0 amide bonds. The molecule has 0 spiro atoms. The van der Waals surface area contributed by atoms with Gasteiger partial charge < -0.3 is 39.9 Å². The standard InChI is InChI=1S/C10H15N5O10P2.2Na/c11-8-5-9(13-2-12-8)15(3-14-5)10-7(17)6(16)4(24-10)1-23-27(21,22)25-26(18,19)20;;/h2-4,6-7,10,16-17H,1H2,(H,21,22)(H2,11,12,13)(H2,18,19,20);;/q;2*+1/p-2/t4-,6+,7-,10-;;/m1../s1. The summed E-state index contributed by atoms with van der Waals surface area (Å²) in [5.41, 5.74) is 6.06. The number of phosphoric acid groups is 2. The van der Waals surface area contributed by atoms with E-state index in [1.54, 1.807) is 0 Å². The molecule has 0 aromatic carbocycles. The minimum Gasteiger partial charge on any atom is -0.756 e. The largest absolute Gasteiger partial charge is 1.00 e. The summed E-state index contributed by atoms with van der Waals surface area (Å²) in [7, 11) is -11.0. The van der Waals surface area contributed by atoms with E-state index >= 15 is 0 Å². The summed E-state index contributed by atoms with van der Waals surface area (Å²) in [6.07, 6.45) is -3.40. The van der Waals surface area contributed by atoms with Gasteiger partial charge in [0.05, 0.1) is 12.9 Å². The van der Waals surface area contributed by atoms with Gasteiger partial charge in [-0.25, -0.2) is 19.3 Å². The van der Waals surface area contributed by atoms with E-state index in [0.717, 1.165) is 6.33 Å². The summed E-state index contributed by atoms with van der Waals surface area (Å²) >= 11 is 0. The van der Waals surface area contributed by atoms with Crippen molar-refractivity contribution in [1.82, 2.24) is 19.5 Å². The van der Waals surface area contributed by atoms with Crippen molar-refractivity contribution in [3.63, 3.8) is 0 Å². The number of phosphoric ester groups is 1. The first-order valence-electron chi connectivity index (χ1n) is 7.14. The molecular formula is C10H13N5Na2O10P2. The van der Waals surface area contributed by atoms with Crippen molar-refractivity contribution in [2.75, 3.05) is 12.3 Å². The quantitative estimate of drug-likeness (QED) is 0.226. The van der Waals surface area contributed by atoms with E-state index in [2.05, 4.69) is 23.8 Å². The van der Waals surface area contributed by atoms with Gasteiger partial charge >= 0.3 is 59.1 Å². The van der Waals surface area contributed by atoms with Crippen LogP contribution in [0, 0.1) is 0 Å². The fourth-order valence-electron chi connectivity index (χ4n) is 2.47. The van der Waals surface area contributed by atoms with Crippen LogP contribution in [0.2, 0.25) is 0 Å². The Bertz CT molecular complexity index is 943. The Labute approximate surface area is 207 Å². The van der Waals surface area contributed by atoms with Crippen molar-refractivity contribution in [2.24, 2.45) is 0 Å². The zero-order valence-corrected chi connectivity index (χ0v) is 20.9. The number of ether oxygens (including phenoxy) is 1. The molecule has 3 rings (SSSR count). The second-order valence-corrected chi connectivity index (χ2v) is 8.17. The third kappa shape index (κ3) is 6.49. The molecule has 0 aliphatic carbocycles. The number of hydrogen-bond donors (Lipinski definition) is 4. The van der Waals surface area contributed by atoms with E-state index in [1.807, 2.05) is 0 Å². The van der Waals surface area contributed by atoms with Crippen molar-refractivity contribution in [3.05, 3.63) is 12.7 Å². The predicted molar refractivity (Wildman–Crippen MR) is 80.1 cm³/mol. The zero-order valence-electron chi connectivity index (χ0n) is 15.1. The van der Waals surface area contributed by atoms with Crippen LogP contribution < -0.4 is 74.6 Å². The van der Waals surface area contributed by atoms with Gasteiger partial charge in [-0.2, -0.15) is 0 Å². The first-order chi connectivity index (χ1) is 12.5. The molecule has 1 fully saturated rings. The fourth-order valence-corrected chi connectivity index (χ4v) is 4.00. The van der Waals surface area contributed by atoms with Crippen LogP contribution in [-0.2, 0) is 22.7 Å². The molecule has 1 saturated heterocycles. The van der Waals surface area contributed by atoms with Crippen LogP contribution >= 0.6 is 15.6 Å². The fraction of sp³-hybridized carbons (Fsp3) is 0.500. The second kappa shape index (κ2) is 10.4. The average Bonchev–Trinajstić information content (AvgIpc) is 3.07. The first-order valence-corrected chi connectivity index (χ1v) is 10.1. The summed E-state index contributed by atoms with van der Waals surface area (Å²) in [6.45, 7) is -0.904. The molecule has 3 heterocycles. The van der Waals surface area contributed by atoms with Crippen LogP contribution in [0.25, 0.3) is 11.2 Å². The molecule has 0 radical (unpaired) electrons. The molecule has 29 heavy (non-hydrogen) atoms. The van der Waals surface area contributed by atoms with Gasteiger partial charge in [0, 0.05) is 0 Å². The molecule has 0 saturated carbocycles. The molecule has 2 aromatic rings. The van der Waals surface area contributed by atoms with E-state index in [4.69, 9.17) is 15.4 Å². The molecule has 0 bridgehead atoms. The molecule has 5 N–H and O–H groups in total. The summed E-state index contributed by atoms with van der Waals surface area (Å²) in [5, 5.41) is 20.2. The predicted octanol–water partition coefficient (Wildman–Crippen LogP) is -9.00. The number of aliphatic hydroxyl groups is 2. The van der Waals surface area contributed by atoms with Crippen LogP contribution in [0.15, 0.2) is 12.7 Å². The molecule has 6 atom stereocenters. The topological polar surface area (TPSA) is 238 Å². The van der Waals surface area contributed by atoms with Gasteiger partial charge in [0.2, 0.25) is 0 Å². The van der Waals surface area contributed by atoms with Crippen LogP contribution in [0.4, 0.5) is 5.82 Å². The number of nitrogens with zero attached hydrogens (tertiary/aromatic N) is 4. The third-order valence-electron chi connectivity index (χ3n) is 3.60. The first kappa shape index (κ1) is 27.5. The number of fused-ring (bicyclic) bond motifs is 1. The maximum atomic E-state index is 11.3. The number of nitrogen functional groups attached to an aromatic ring is 1. The van der Waals surface area contributed by atoms with E-state index < -0.39 is 46.8 Å². The summed E-state index contributed by atoms with van der Waals surface area (Å²) < 4.78 is 36.1. The Hall–Kier alpha value is 0.490. The maximum Gasteiger partial charge on any atom is 1.00 e. The molecule has 19 heteroatoms. The van der Waals surface area contributed by atoms with Gasteiger partial charge in [-0.3, -0.25) is 13.7 Å². The van der Waals surface area contributed by atoms with Gasteiger partial charge in [0.1, 0.15) is 30.2 Å². The molecule has 1 aliphatic heterocycles. The minimum atomic E-state index is -5.60. The smallest absolute Gasteiger partial charge is 0.756 e. The SMILES string of the molecule is Nc1ncnc2c1ncn2[C@@H]1O[C@H](COP(=O)([O-])OP(=O)([O-])O)[C@H](O)[C@H]1O.[Na+].[Na+]. The number of aromatic nitrogens is 4. The summed E-state index contributed by atoms with van der Waals surface area (Å²) in [5.74, 6) is 0.0714. The van der Waals surface area contributed by atoms with E-state index in [0.29, 0.717) is 0 Å². The van der Waals surface area contributed by atoms with Crippen LogP contribution in [0.5, 0.6) is 0 Å². The van der Waals surface area contributed by atoms with Crippen molar-refractivity contribution in [3.8, 4) is 0 Å². The summed E-state index contributed by atoms with van der Waals surface area (Å²) in [4.78, 5) is 41.9. The normalized spacial score (nSPS) is 28.2. The average molecular weight is 471 g/mol. The van der Waals surface area contributed by atoms with E-state index in [-0.39, 0.29) is 76.1 Å². The minimum absolute atomic E-state index is 0. The van der Waals surface area contributed by atoms with Gasteiger partial charge in [-0.05, 0) is 0 Å². The summed E-state index contributed by atoms with van der Waals surface area (Å²) in [6, 6.07) is 0. The number of anilines is 1. The number of aliphatic hydroxyl groups excluding tert-OH is 2. The van der Waals surface area contributed by atoms with Gasteiger partial charge in [-0.15, -0.1) is 0 Å². The van der Waals surface area contributed by atoms with Gasteiger partial charge in [0.25, 0.3) is 15.6 Å².